The lowest BCUT2D eigenvalue weighted by Crippen LogP contribution is -2.28. The van der Waals surface area contributed by atoms with Crippen LogP contribution in [0.4, 0.5) is 0 Å². The Bertz CT molecular complexity index is 486. The van der Waals surface area contributed by atoms with Crippen LogP contribution in [0.1, 0.15) is 6.42 Å². The molecule has 5 heteroatoms. The van der Waals surface area contributed by atoms with Gasteiger partial charge in [-0.2, -0.15) is 0 Å². The number of rotatable bonds is 5. The van der Waals surface area contributed by atoms with Crippen LogP contribution < -0.4 is 5.73 Å². The second-order valence-corrected chi connectivity index (χ2v) is 6.68. The van der Waals surface area contributed by atoms with Crippen molar-refractivity contribution >= 4 is 9.84 Å². The molecule has 1 aliphatic rings. The zero-order valence-electron chi connectivity index (χ0n) is 9.80. The summed E-state index contributed by atoms with van der Waals surface area (Å²) >= 11 is 0. The predicted octanol–water partition coefficient (Wildman–Crippen LogP) is 0.824. The summed E-state index contributed by atoms with van der Waals surface area (Å²) in [7, 11) is -1.70. The smallest absolute Gasteiger partial charge is 0.181 e. The molecule has 1 fully saturated rings. The highest BCUT2D eigenvalue weighted by Crippen LogP contribution is 2.51. The van der Waals surface area contributed by atoms with Crippen molar-refractivity contribution in [2.24, 2.45) is 11.1 Å². The molecule has 4 nitrogen and oxygen atoms in total. The molecular formula is C12H17NO3S. The molecule has 0 spiro atoms. The fourth-order valence-corrected chi connectivity index (χ4v) is 4.48. The number of methoxy groups -OCH3 is 1. The van der Waals surface area contributed by atoms with Gasteiger partial charge in [-0.15, -0.1) is 0 Å². The summed E-state index contributed by atoms with van der Waals surface area (Å²) in [6.07, 6.45) is 0.592. The minimum absolute atomic E-state index is 0.345. The number of ether oxygens (including phenoxy) is 1. The van der Waals surface area contributed by atoms with Crippen LogP contribution in [0.5, 0.6) is 0 Å². The molecule has 2 atom stereocenters. The van der Waals surface area contributed by atoms with Crippen LogP contribution >= 0.6 is 0 Å². The van der Waals surface area contributed by atoms with Crippen molar-refractivity contribution in [3.8, 4) is 0 Å². The SMILES string of the molecule is COC[C@@]1(CN)C[C@@H]1S(=O)(=O)c1ccccc1. The number of hydrogen-bond donors (Lipinski definition) is 1. The quantitative estimate of drug-likeness (QED) is 0.846. The third-order valence-corrected chi connectivity index (χ3v) is 5.74. The summed E-state index contributed by atoms with van der Waals surface area (Å²) in [5.41, 5.74) is 5.29. The lowest BCUT2D eigenvalue weighted by Gasteiger charge is -2.13. The lowest BCUT2D eigenvalue weighted by atomic mass is 10.1. The fraction of sp³-hybridized carbons (Fsp3) is 0.500. The zero-order chi connectivity index (χ0) is 12.5. The minimum Gasteiger partial charge on any atom is -0.384 e. The average Bonchev–Trinajstić information content (AvgIpc) is 3.07. The van der Waals surface area contributed by atoms with Gasteiger partial charge in [0.15, 0.2) is 9.84 Å². The first-order chi connectivity index (χ1) is 8.07. The van der Waals surface area contributed by atoms with Gasteiger partial charge in [0.25, 0.3) is 0 Å². The lowest BCUT2D eigenvalue weighted by molar-refractivity contribution is 0.145. The topological polar surface area (TPSA) is 69.4 Å². The molecule has 0 aliphatic heterocycles. The number of hydrogen-bond acceptors (Lipinski definition) is 4. The van der Waals surface area contributed by atoms with Gasteiger partial charge in [-0.05, 0) is 18.6 Å². The zero-order valence-corrected chi connectivity index (χ0v) is 10.6. The Morgan fingerprint density at radius 3 is 2.59 bits per heavy atom. The highest BCUT2D eigenvalue weighted by molar-refractivity contribution is 7.92. The van der Waals surface area contributed by atoms with Crippen LogP contribution in [0.25, 0.3) is 0 Å². The first-order valence-electron chi connectivity index (χ1n) is 5.55. The molecule has 0 bridgehead atoms. The molecule has 1 saturated carbocycles. The van der Waals surface area contributed by atoms with Gasteiger partial charge in [0.2, 0.25) is 0 Å². The maximum absolute atomic E-state index is 12.3. The van der Waals surface area contributed by atoms with E-state index in [4.69, 9.17) is 10.5 Å². The Hall–Kier alpha value is -0.910. The fourth-order valence-electron chi connectivity index (χ4n) is 2.24. The Morgan fingerprint density at radius 1 is 1.41 bits per heavy atom. The normalized spacial score (nSPS) is 28.0. The monoisotopic (exact) mass is 255 g/mol. The first-order valence-corrected chi connectivity index (χ1v) is 7.09. The van der Waals surface area contributed by atoms with Gasteiger partial charge in [0.1, 0.15) is 0 Å². The number of sulfone groups is 1. The summed E-state index contributed by atoms with van der Waals surface area (Å²) in [5, 5.41) is -0.401. The van der Waals surface area contributed by atoms with Crippen LogP contribution in [0.2, 0.25) is 0 Å². The van der Waals surface area contributed by atoms with Gasteiger partial charge in [0.05, 0.1) is 16.8 Å². The van der Waals surface area contributed by atoms with Crippen LogP contribution in [0, 0.1) is 5.41 Å². The second-order valence-electron chi connectivity index (χ2n) is 4.55. The van der Waals surface area contributed by atoms with Crippen LogP contribution in [-0.4, -0.2) is 33.9 Å². The Balaban J connectivity index is 2.26. The summed E-state index contributed by atoms with van der Waals surface area (Å²) in [6.45, 7) is 0.748. The first kappa shape index (κ1) is 12.5. The van der Waals surface area contributed by atoms with Crippen molar-refractivity contribution in [2.75, 3.05) is 20.3 Å². The standard InChI is InChI=1S/C12H17NO3S/c1-16-9-12(8-13)7-11(12)17(14,15)10-5-3-2-4-6-10/h2-6,11H,7-9,13H2,1H3/t11-,12-/m0/s1. The molecular weight excluding hydrogens is 238 g/mol. The van der Waals surface area contributed by atoms with Gasteiger partial charge >= 0.3 is 0 Å². The molecule has 0 aromatic heterocycles. The number of benzene rings is 1. The Morgan fingerprint density at radius 2 is 2.06 bits per heavy atom. The van der Waals surface area contributed by atoms with Crippen molar-refractivity contribution < 1.29 is 13.2 Å². The van der Waals surface area contributed by atoms with Crippen molar-refractivity contribution in [3.05, 3.63) is 30.3 Å². The molecule has 1 aromatic rings. The van der Waals surface area contributed by atoms with E-state index in [9.17, 15) is 8.42 Å². The van der Waals surface area contributed by atoms with E-state index in [-0.39, 0.29) is 5.41 Å². The summed E-state index contributed by atoms with van der Waals surface area (Å²) in [4.78, 5) is 0.372. The highest BCUT2D eigenvalue weighted by atomic mass is 32.2. The van der Waals surface area contributed by atoms with Crippen LogP contribution in [0.15, 0.2) is 35.2 Å². The van der Waals surface area contributed by atoms with Crippen LogP contribution in [0.3, 0.4) is 0 Å². The van der Waals surface area contributed by atoms with Crippen molar-refractivity contribution in [2.45, 2.75) is 16.6 Å². The largest absolute Gasteiger partial charge is 0.384 e. The van der Waals surface area contributed by atoms with E-state index in [0.717, 1.165) is 0 Å². The van der Waals surface area contributed by atoms with Gasteiger partial charge < -0.3 is 10.5 Å². The van der Waals surface area contributed by atoms with Gasteiger partial charge in [-0.1, -0.05) is 18.2 Å². The molecule has 17 heavy (non-hydrogen) atoms. The van der Waals surface area contributed by atoms with E-state index < -0.39 is 15.1 Å². The summed E-state index contributed by atoms with van der Waals surface area (Å²) in [6, 6.07) is 8.52. The minimum atomic E-state index is -3.27. The molecule has 1 aliphatic carbocycles. The van der Waals surface area contributed by atoms with E-state index >= 15 is 0 Å². The van der Waals surface area contributed by atoms with E-state index in [1.54, 1.807) is 37.4 Å². The number of nitrogens with two attached hydrogens (primary N) is 1. The van der Waals surface area contributed by atoms with Crippen molar-refractivity contribution in [3.63, 3.8) is 0 Å². The molecule has 1 aromatic carbocycles. The van der Waals surface area contributed by atoms with Crippen LogP contribution in [-0.2, 0) is 14.6 Å². The maximum atomic E-state index is 12.3. The van der Waals surface area contributed by atoms with E-state index in [1.165, 1.54) is 0 Å². The third-order valence-electron chi connectivity index (χ3n) is 3.40. The third kappa shape index (κ3) is 2.10. The van der Waals surface area contributed by atoms with E-state index in [0.29, 0.717) is 24.5 Å². The molecule has 0 radical (unpaired) electrons. The van der Waals surface area contributed by atoms with Crippen molar-refractivity contribution in [1.29, 1.82) is 0 Å². The summed E-state index contributed by atoms with van der Waals surface area (Å²) in [5.74, 6) is 0. The maximum Gasteiger partial charge on any atom is 0.181 e. The highest BCUT2D eigenvalue weighted by Gasteiger charge is 2.60. The molecule has 94 valence electrons. The molecule has 2 rings (SSSR count). The molecule has 2 N–H and O–H groups in total. The van der Waals surface area contributed by atoms with E-state index in [2.05, 4.69) is 0 Å². The second kappa shape index (κ2) is 4.40. The molecule has 0 unspecified atom stereocenters. The van der Waals surface area contributed by atoms with Gasteiger partial charge in [-0.3, -0.25) is 0 Å². The predicted molar refractivity (Wildman–Crippen MR) is 65.4 cm³/mol. The van der Waals surface area contributed by atoms with Gasteiger partial charge in [0, 0.05) is 19.1 Å². The average molecular weight is 255 g/mol. The van der Waals surface area contributed by atoms with Crippen molar-refractivity contribution in [1.82, 2.24) is 0 Å². The summed E-state index contributed by atoms with van der Waals surface area (Å²) < 4.78 is 29.7. The molecule has 0 heterocycles. The molecule has 0 amide bonds. The van der Waals surface area contributed by atoms with E-state index in [1.807, 2.05) is 0 Å². The van der Waals surface area contributed by atoms with Gasteiger partial charge in [-0.25, -0.2) is 8.42 Å². The molecule has 0 saturated heterocycles. The Kier molecular flexibility index (Phi) is 3.25. The Labute approximate surface area is 102 Å².